The van der Waals surface area contributed by atoms with E-state index in [0.29, 0.717) is 30.0 Å². The van der Waals surface area contributed by atoms with Crippen LogP contribution in [-0.2, 0) is 16.8 Å². The lowest BCUT2D eigenvalue weighted by Crippen LogP contribution is -2.36. The number of carbonyl (C=O) groups is 1. The summed E-state index contributed by atoms with van der Waals surface area (Å²) in [5.41, 5.74) is 0.114. The fourth-order valence-corrected chi connectivity index (χ4v) is 4.27. The predicted molar refractivity (Wildman–Crippen MR) is 100 cm³/mol. The first-order chi connectivity index (χ1) is 13.4. The first kappa shape index (κ1) is 18.7. The zero-order chi connectivity index (χ0) is 20.1. The van der Waals surface area contributed by atoms with Gasteiger partial charge in [-0.3, -0.25) is 9.69 Å². The normalized spacial score (nSPS) is 17.6. The van der Waals surface area contributed by atoms with Crippen LogP contribution < -0.4 is 10.2 Å². The Morgan fingerprint density at radius 3 is 2.54 bits per heavy atom. The van der Waals surface area contributed by atoms with E-state index in [4.69, 9.17) is 0 Å². The Labute approximate surface area is 161 Å². The number of aliphatic hydroxyl groups excluding tert-OH is 1. The van der Waals surface area contributed by atoms with Crippen molar-refractivity contribution in [3.05, 3.63) is 41.2 Å². The zero-order valence-corrected chi connectivity index (χ0v) is 15.8. The molecule has 1 fully saturated rings. The van der Waals surface area contributed by atoms with Gasteiger partial charge in [-0.2, -0.15) is 0 Å². The van der Waals surface area contributed by atoms with Crippen molar-refractivity contribution in [2.45, 2.75) is 57.6 Å². The number of nitrogens with one attached hydrogen (secondary N) is 1. The van der Waals surface area contributed by atoms with Gasteiger partial charge in [-0.15, -0.1) is 0 Å². The molecule has 6 nitrogen and oxygen atoms in total. The van der Waals surface area contributed by atoms with Gasteiger partial charge in [0.15, 0.2) is 17.5 Å². The summed E-state index contributed by atoms with van der Waals surface area (Å²) < 4.78 is 27.4. The molecule has 1 saturated carbocycles. The first-order valence-electron chi connectivity index (χ1n) is 9.46. The average Bonchev–Trinajstić information content (AvgIpc) is 3.22. The molecule has 1 aliphatic carbocycles. The smallest absolute Gasteiger partial charge is 0.243 e. The first-order valence-corrected chi connectivity index (χ1v) is 9.46. The number of nitrogens with zero attached hydrogens (tertiary/aromatic N) is 3. The van der Waals surface area contributed by atoms with Crippen molar-refractivity contribution in [2.75, 3.05) is 10.2 Å². The van der Waals surface area contributed by atoms with E-state index in [2.05, 4.69) is 15.3 Å². The van der Waals surface area contributed by atoms with Gasteiger partial charge in [-0.25, -0.2) is 18.7 Å². The molecule has 4 rings (SSSR count). The molecule has 148 valence electrons. The van der Waals surface area contributed by atoms with Crippen molar-refractivity contribution < 1.29 is 18.7 Å². The highest BCUT2D eigenvalue weighted by Gasteiger charge is 2.55. The van der Waals surface area contributed by atoms with Crippen molar-refractivity contribution in [3.8, 4) is 0 Å². The summed E-state index contributed by atoms with van der Waals surface area (Å²) in [6.07, 6.45) is 3.07. The van der Waals surface area contributed by atoms with Crippen LogP contribution in [0.5, 0.6) is 0 Å². The number of hydrogen-bond donors (Lipinski definition) is 2. The maximum atomic E-state index is 13.9. The fraction of sp³-hybridized carbons (Fsp3) is 0.450. The number of hydrogen-bond acceptors (Lipinski definition) is 5. The van der Waals surface area contributed by atoms with Crippen molar-refractivity contribution >= 4 is 23.2 Å². The lowest BCUT2D eigenvalue weighted by molar-refractivity contribution is -0.122. The molecular weight excluding hydrogens is 366 g/mol. The lowest BCUT2D eigenvalue weighted by atomic mass is 9.80. The highest BCUT2D eigenvalue weighted by Crippen LogP contribution is 2.55. The number of anilines is 3. The monoisotopic (exact) mass is 388 g/mol. The third-order valence-corrected chi connectivity index (χ3v) is 5.42. The topological polar surface area (TPSA) is 78.4 Å². The standard InChI is InChI=1S/C20H22F2N4O2/c1-11(2)23-17-16-18(25-15(10-27)24-17)26(12-5-6-13(21)14(22)9-12)19(28)20(16)7-3-4-8-20/h5-6,9,11,27H,3-4,7-8,10H2,1-2H3,(H,23,24,25). The lowest BCUT2D eigenvalue weighted by Gasteiger charge is -2.24. The summed E-state index contributed by atoms with van der Waals surface area (Å²) >= 11 is 0. The minimum Gasteiger partial charge on any atom is -0.388 e. The van der Waals surface area contributed by atoms with Gasteiger partial charge in [0.1, 0.15) is 18.2 Å². The van der Waals surface area contributed by atoms with E-state index in [1.165, 1.54) is 11.0 Å². The Hall–Kier alpha value is -2.61. The zero-order valence-electron chi connectivity index (χ0n) is 15.8. The second-order valence-electron chi connectivity index (χ2n) is 7.67. The van der Waals surface area contributed by atoms with Crippen LogP contribution in [0.25, 0.3) is 0 Å². The predicted octanol–water partition coefficient (Wildman–Crippen LogP) is 3.56. The number of amides is 1. The van der Waals surface area contributed by atoms with E-state index in [9.17, 15) is 18.7 Å². The summed E-state index contributed by atoms with van der Waals surface area (Å²) in [5, 5.41) is 12.9. The highest BCUT2D eigenvalue weighted by molar-refractivity contribution is 6.13. The molecule has 1 aliphatic heterocycles. The van der Waals surface area contributed by atoms with Crippen molar-refractivity contribution in [2.24, 2.45) is 0 Å². The molecule has 0 unspecified atom stereocenters. The van der Waals surface area contributed by atoms with Crippen LogP contribution in [0.2, 0.25) is 0 Å². The molecule has 2 aliphatic rings. The Kier molecular flexibility index (Phi) is 4.53. The molecule has 0 bridgehead atoms. The van der Waals surface area contributed by atoms with Gasteiger partial charge in [-0.1, -0.05) is 12.8 Å². The van der Waals surface area contributed by atoms with Gasteiger partial charge < -0.3 is 10.4 Å². The number of rotatable bonds is 4. The molecule has 0 saturated heterocycles. The molecule has 2 heterocycles. The molecule has 0 radical (unpaired) electrons. The minimum atomic E-state index is -1.03. The molecule has 28 heavy (non-hydrogen) atoms. The maximum absolute atomic E-state index is 13.9. The molecule has 1 spiro atoms. The number of aliphatic hydroxyl groups is 1. The summed E-state index contributed by atoms with van der Waals surface area (Å²) in [4.78, 5) is 23.8. The largest absolute Gasteiger partial charge is 0.388 e. The quantitative estimate of drug-likeness (QED) is 0.837. The van der Waals surface area contributed by atoms with Gasteiger partial charge in [0.05, 0.1) is 16.7 Å². The van der Waals surface area contributed by atoms with Crippen molar-refractivity contribution in [3.63, 3.8) is 0 Å². The van der Waals surface area contributed by atoms with E-state index in [1.807, 2.05) is 13.8 Å². The van der Waals surface area contributed by atoms with Crippen LogP contribution in [0.15, 0.2) is 18.2 Å². The van der Waals surface area contributed by atoms with Gasteiger partial charge in [0, 0.05) is 12.1 Å². The van der Waals surface area contributed by atoms with Crippen LogP contribution in [0.4, 0.5) is 26.1 Å². The van der Waals surface area contributed by atoms with E-state index < -0.39 is 23.7 Å². The second kappa shape index (κ2) is 6.77. The van der Waals surface area contributed by atoms with E-state index in [0.717, 1.165) is 25.0 Å². The summed E-state index contributed by atoms with van der Waals surface area (Å²) in [6.45, 7) is 3.52. The van der Waals surface area contributed by atoms with Gasteiger partial charge >= 0.3 is 0 Å². The number of carbonyl (C=O) groups excluding carboxylic acids is 1. The van der Waals surface area contributed by atoms with Crippen LogP contribution in [0.1, 0.15) is 50.9 Å². The Balaban J connectivity index is 1.97. The van der Waals surface area contributed by atoms with Crippen molar-refractivity contribution in [1.29, 1.82) is 0 Å². The van der Waals surface area contributed by atoms with Gasteiger partial charge in [-0.05, 0) is 38.8 Å². The highest BCUT2D eigenvalue weighted by atomic mass is 19.2. The molecule has 2 aromatic rings. The number of aromatic nitrogens is 2. The maximum Gasteiger partial charge on any atom is 0.243 e. The second-order valence-corrected chi connectivity index (χ2v) is 7.67. The molecule has 1 aromatic heterocycles. The summed E-state index contributed by atoms with van der Waals surface area (Å²) in [7, 11) is 0. The van der Waals surface area contributed by atoms with Crippen LogP contribution in [-0.4, -0.2) is 27.0 Å². The van der Waals surface area contributed by atoms with E-state index in [1.54, 1.807) is 0 Å². The molecular formula is C20H22F2N4O2. The molecule has 0 atom stereocenters. The van der Waals surface area contributed by atoms with Crippen LogP contribution in [0, 0.1) is 11.6 Å². The number of halogens is 2. The van der Waals surface area contributed by atoms with Gasteiger partial charge in [0.25, 0.3) is 0 Å². The Morgan fingerprint density at radius 2 is 1.93 bits per heavy atom. The summed E-state index contributed by atoms with van der Waals surface area (Å²) in [6, 6.07) is 3.42. The average molecular weight is 388 g/mol. The number of fused-ring (bicyclic) bond motifs is 2. The summed E-state index contributed by atoms with van der Waals surface area (Å²) in [5.74, 6) is -1.20. The minimum absolute atomic E-state index is 0.0522. The van der Waals surface area contributed by atoms with Crippen LogP contribution in [0.3, 0.4) is 0 Å². The van der Waals surface area contributed by atoms with E-state index >= 15 is 0 Å². The molecule has 2 N–H and O–H groups in total. The molecule has 1 amide bonds. The van der Waals surface area contributed by atoms with Crippen molar-refractivity contribution in [1.82, 2.24) is 9.97 Å². The Bertz CT molecular complexity index is 942. The number of benzene rings is 1. The molecule has 8 heteroatoms. The van der Waals surface area contributed by atoms with Gasteiger partial charge in [0.2, 0.25) is 5.91 Å². The third-order valence-electron chi connectivity index (χ3n) is 5.42. The third kappa shape index (κ3) is 2.74. The Morgan fingerprint density at radius 1 is 1.21 bits per heavy atom. The fourth-order valence-electron chi connectivity index (χ4n) is 4.27. The van der Waals surface area contributed by atoms with Crippen LogP contribution >= 0.6 is 0 Å². The van der Waals surface area contributed by atoms with E-state index in [-0.39, 0.29) is 23.5 Å². The molecule has 1 aromatic carbocycles. The SMILES string of the molecule is CC(C)Nc1nc(CO)nc2c1C1(CCCC1)C(=O)N2c1ccc(F)c(F)c1.